The van der Waals surface area contributed by atoms with Gasteiger partial charge in [-0.2, -0.15) is 13.8 Å². The Hall–Kier alpha value is -3.73. The fraction of sp³-hybridized carbons (Fsp3) is 0.100. The molecule has 0 radical (unpaired) electrons. The predicted molar refractivity (Wildman–Crippen MR) is 108 cm³/mol. The van der Waals surface area contributed by atoms with Gasteiger partial charge in [0.1, 0.15) is 23.0 Å². The van der Waals surface area contributed by atoms with Crippen LogP contribution >= 0.6 is 11.6 Å². The molecule has 0 saturated heterocycles. The highest BCUT2D eigenvalue weighted by Crippen LogP contribution is 2.32. The van der Waals surface area contributed by atoms with Crippen LogP contribution in [0.2, 0.25) is 0 Å². The summed E-state index contributed by atoms with van der Waals surface area (Å²) in [6, 6.07) is 9.04. The summed E-state index contributed by atoms with van der Waals surface area (Å²) in [7, 11) is 0. The SMILES string of the molecule is O=c1c(NCc2ccc(-c3noc(C(F)(F)Cl)n3)cc2)c(Nc2ccc(F)cc2F)c1=O. The molecule has 0 aliphatic carbocycles. The number of nitrogens with one attached hydrogen (secondary N) is 2. The van der Waals surface area contributed by atoms with Crippen LogP contribution in [-0.4, -0.2) is 10.1 Å². The molecule has 3 aromatic carbocycles. The van der Waals surface area contributed by atoms with E-state index in [1.165, 1.54) is 12.1 Å². The predicted octanol–water partition coefficient (Wildman–Crippen LogP) is 4.25. The molecule has 1 aromatic heterocycles. The zero-order chi connectivity index (χ0) is 23.0. The Labute approximate surface area is 181 Å². The van der Waals surface area contributed by atoms with E-state index in [1.807, 2.05) is 0 Å². The van der Waals surface area contributed by atoms with Crippen molar-refractivity contribution < 1.29 is 22.1 Å². The highest BCUT2D eigenvalue weighted by Gasteiger charge is 2.35. The van der Waals surface area contributed by atoms with Gasteiger partial charge in [0.25, 0.3) is 10.9 Å². The highest BCUT2D eigenvalue weighted by molar-refractivity contribution is 6.21. The van der Waals surface area contributed by atoms with Gasteiger partial charge in [-0.3, -0.25) is 9.59 Å². The standard InChI is InChI=1S/C20H11ClF4N4O3/c21-20(24,25)19-28-18(29-32-19)10-3-1-9(2-4-10)8-26-14-15(17(31)16(14)30)27-13-6-5-11(22)7-12(13)23/h1-7,26-27H,8H2. The van der Waals surface area contributed by atoms with E-state index in [0.29, 0.717) is 17.2 Å². The molecular formula is C20H11ClF4N4O3. The van der Waals surface area contributed by atoms with E-state index >= 15 is 0 Å². The van der Waals surface area contributed by atoms with Crippen LogP contribution in [-0.2, 0) is 11.9 Å². The zero-order valence-corrected chi connectivity index (χ0v) is 16.5. The summed E-state index contributed by atoms with van der Waals surface area (Å²) >= 11 is 4.84. The molecule has 12 heteroatoms. The molecule has 0 spiro atoms. The number of aromatic nitrogens is 2. The minimum Gasteiger partial charge on any atom is -0.376 e. The number of halogens is 5. The van der Waals surface area contributed by atoms with Crippen molar-refractivity contribution in [2.75, 3.05) is 10.6 Å². The number of rotatable bonds is 7. The second-order valence-corrected chi connectivity index (χ2v) is 7.10. The van der Waals surface area contributed by atoms with Gasteiger partial charge in [-0.15, -0.1) is 0 Å². The molecule has 164 valence electrons. The van der Waals surface area contributed by atoms with Crippen molar-refractivity contribution in [2.45, 2.75) is 11.9 Å². The van der Waals surface area contributed by atoms with Crippen molar-refractivity contribution in [3.8, 4) is 11.4 Å². The van der Waals surface area contributed by atoms with Gasteiger partial charge >= 0.3 is 11.3 Å². The summed E-state index contributed by atoms with van der Waals surface area (Å²) < 4.78 is 57.3. The van der Waals surface area contributed by atoms with Gasteiger partial charge in [0.05, 0.1) is 5.69 Å². The Bertz CT molecular complexity index is 1360. The zero-order valence-electron chi connectivity index (χ0n) is 15.8. The third kappa shape index (κ3) is 4.19. The Morgan fingerprint density at radius 2 is 1.69 bits per heavy atom. The lowest BCUT2D eigenvalue weighted by Crippen LogP contribution is -2.36. The summed E-state index contributed by atoms with van der Waals surface area (Å²) in [5.41, 5.74) is -0.926. The lowest BCUT2D eigenvalue weighted by atomic mass is 10.1. The number of alkyl halides is 3. The molecule has 1 heterocycles. The van der Waals surface area contributed by atoms with Gasteiger partial charge in [-0.05, 0) is 29.3 Å². The molecule has 0 fully saturated rings. The van der Waals surface area contributed by atoms with Crippen LogP contribution in [0.4, 0.5) is 34.6 Å². The monoisotopic (exact) mass is 466 g/mol. The Kier molecular flexibility index (Phi) is 5.43. The van der Waals surface area contributed by atoms with Crippen molar-refractivity contribution in [1.29, 1.82) is 0 Å². The first-order valence-electron chi connectivity index (χ1n) is 8.93. The van der Waals surface area contributed by atoms with E-state index in [4.69, 9.17) is 11.6 Å². The number of anilines is 3. The Morgan fingerprint density at radius 1 is 1.00 bits per heavy atom. The molecule has 4 aromatic rings. The maximum Gasteiger partial charge on any atom is 0.400 e. The fourth-order valence-electron chi connectivity index (χ4n) is 2.82. The van der Waals surface area contributed by atoms with Gasteiger partial charge in [-0.1, -0.05) is 29.4 Å². The van der Waals surface area contributed by atoms with Crippen LogP contribution in [0.15, 0.2) is 56.6 Å². The molecule has 0 amide bonds. The average molecular weight is 467 g/mol. The molecule has 7 nitrogen and oxygen atoms in total. The van der Waals surface area contributed by atoms with Crippen LogP contribution in [0.3, 0.4) is 0 Å². The van der Waals surface area contributed by atoms with E-state index in [-0.39, 0.29) is 29.4 Å². The molecule has 0 saturated carbocycles. The quantitative estimate of drug-likeness (QED) is 0.239. The normalized spacial score (nSPS) is 11.7. The molecule has 4 rings (SSSR count). The average Bonchev–Trinajstić information content (AvgIpc) is 3.25. The number of hydrogen-bond acceptors (Lipinski definition) is 7. The van der Waals surface area contributed by atoms with Crippen LogP contribution < -0.4 is 21.5 Å². The van der Waals surface area contributed by atoms with Gasteiger partial charge in [0, 0.05) is 18.2 Å². The highest BCUT2D eigenvalue weighted by atomic mass is 35.5. The van der Waals surface area contributed by atoms with E-state index in [0.717, 1.165) is 12.1 Å². The molecule has 0 aliphatic heterocycles. The van der Waals surface area contributed by atoms with E-state index in [1.54, 1.807) is 12.1 Å². The minimum absolute atomic E-state index is 0.0463. The third-order valence-corrected chi connectivity index (χ3v) is 4.61. The third-order valence-electron chi connectivity index (χ3n) is 4.45. The maximum atomic E-state index is 13.8. The van der Waals surface area contributed by atoms with Gasteiger partial charge in [-0.25, -0.2) is 8.78 Å². The lowest BCUT2D eigenvalue weighted by Gasteiger charge is -2.15. The first-order valence-corrected chi connectivity index (χ1v) is 9.31. The van der Waals surface area contributed by atoms with E-state index in [9.17, 15) is 27.2 Å². The van der Waals surface area contributed by atoms with E-state index in [2.05, 4.69) is 25.3 Å². The maximum absolute atomic E-state index is 13.8. The van der Waals surface area contributed by atoms with Crippen LogP contribution in [0.5, 0.6) is 0 Å². The Morgan fingerprint density at radius 3 is 2.31 bits per heavy atom. The smallest absolute Gasteiger partial charge is 0.376 e. The second kappa shape index (κ2) is 8.08. The summed E-state index contributed by atoms with van der Waals surface area (Å²) in [6.45, 7) is 0.114. The number of nitrogens with zero attached hydrogens (tertiary/aromatic N) is 2. The second-order valence-electron chi connectivity index (χ2n) is 6.63. The summed E-state index contributed by atoms with van der Waals surface area (Å²) in [6.07, 6.45) is 0. The van der Waals surface area contributed by atoms with Crippen LogP contribution in [0, 0.1) is 11.6 Å². The summed E-state index contributed by atoms with van der Waals surface area (Å²) in [5, 5.41) is 4.94. The van der Waals surface area contributed by atoms with Crippen molar-refractivity contribution >= 4 is 28.7 Å². The van der Waals surface area contributed by atoms with Gasteiger partial charge in [0.2, 0.25) is 5.82 Å². The molecule has 2 N–H and O–H groups in total. The summed E-state index contributed by atoms with van der Waals surface area (Å²) in [5.74, 6) is -2.82. The van der Waals surface area contributed by atoms with Crippen molar-refractivity contribution in [1.82, 2.24) is 10.1 Å². The van der Waals surface area contributed by atoms with Crippen molar-refractivity contribution in [3.63, 3.8) is 0 Å². The molecule has 0 atom stereocenters. The fourth-order valence-corrected chi connectivity index (χ4v) is 2.90. The van der Waals surface area contributed by atoms with Crippen LogP contribution in [0.1, 0.15) is 11.5 Å². The first kappa shape index (κ1) is 21.5. The molecule has 0 unspecified atom stereocenters. The molecule has 0 bridgehead atoms. The van der Waals surface area contributed by atoms with Crippen molar-refractivity contribution in [2.24, 2.45) is 0 Å². The van der Waals surface area contributed by atoms with Crippen molar-refractivity contribution in [3.05, 3.63) is 86.0 Å². The first-order chi connectivity index (χ1) is 15.1. The minimum atomic E-state index is -3.78. The van der Waals surface area contributed by atoms with E-state index < -0.39 is 33.8 Å². The molecular weight excluding hydrogens is 456 g/mol. The lowest BCUT2D eigenvalue weighted by molar-refractivity contribution is 0.0551. The van der Waals surface area contributed by atoms with Gasteiger partial charge in [0.15, 0.2) is 0 Å². The van der Waals surface area contributed by atoms with Gasteiger partial charge < -0.3 is 15.2 Å². The summed E-state index contributed by atoms with van der Waals surface area (Å²) in [4.78, 5) is 27.3. The molecule has 0 aliphatic rings. The topological polar surface area (TPSA) is 97.1 Å². The number of benzene rings is 2. The Balaban J connectivity index is 1.45. The molecule has 32 heavy (non-hydrogen) atoms. The number of hydrogen-bond donors (Lipinski definition) is 2. The largest absolute Gasteiger partial charge is 0.400 e. The van der Waals surface area contributed by atoms with Crippen LogP contribution in [0.25, 0.3) is 11.4 Å².